The highest BCUT2D eigenvalue weighted by molar-refractivity contribution is 8.00. The molecule has 1 aliphatic rings. The molecule has 0 amide bonds. The molecule has 4 nitrogen and oxygen atoms in total. The molecule has 0 spiro atoms. The largest absolute Gasteiger partial charge is 0.441 e. The SMILES string of the molecule is OC1O[C@H](CSC(F)(F)F)[C@@H](O)[C@H]1O. The zero-order chi connectivity index (χ0) is 10.9. The Bertz CT molecular complexity index is 200. The lowest BCUT2D eigenvalue weighted by molar-refractivity contribution is -0.123. The van der Waals surface area contributed by atoms with Crippen LogP contribution in [0.1, 0.15) is 0 Å². The fourth-order valence-electron chi connectivity index (χ4n) is 1.04. The summed E-state index contributed by atoms with van der Waals surface area (Å²) in [6.45, 7) is 0. The van der Waals surface area contributed by atoms with Gasteiger partial charge < -0.3 is 20.1 Å². The summed E-state index contributed by atoms with van der Waals surface area (Å²) in [5.41, 5.74) is -4.42. The Morgan fingerprint density at radius 2 is 1.71 bits per heavy atom. The lowest BCUT2D eigenvalue weighted by atomic mass is 10.2. The first kappa shape index (κ1) is 12.1. The predicted molar refractivity (Wildman–Crippen MR) is 41.4 cm³/mol. The maximum absolute atomic E-state index is 11.7. The minimum atomic E-state index is -4.42. The highest BCUT2D eigenvalue weighted by Crippen LogP contribution is 2.33. The summed E-state index contributed by atoms with van der Waals surface area (Å²) in [4.78, 5) is 0. The fraction of sp³-hybridized carbons (Fsp3) is 1.00. The minimum absolute atomic E-state index is 0.369. The van der Waals surface area contributed by atoms with E-state index < -0.39 is 35.9 Å². The molecule has 8 heteroatoms. The second-order valence-electron chi connectivity index (χ2n) is 2.80. The second kappa shape index (κ2) is 4.23. The van der Waals surface area contributed by atoms with Crippen molar-refractivity contribution in [3.8, 4) is 0 Å². The van der Waals surface area contributed by atoms with Gasteiger partial charge in [-0.05, 0) is 11.8 Å². The van der Waals surface area contributed by atoms with Crippen molar-refractivity contribution in [1.82, 2.24) is 0 Å². The van der Waals surface area contributed by atoms with Crippen LogP contribution in [0.25, 0.3) is 0 Å². The van der Waals surface area contributed by atoms with Crippen LogP contribution in [0.3, 0.4) is 0 Å². The number of hydrogen-bond donors (Lipinski definition) is 3. The number of aliphatic hydroxyl groups is 3. The maximum atomic E-state index is 11.7. The number of aliphatic hydroxyl groups excluding tert-OH is 3. The zero-order valence-corrected chi connectivity index (χ0v) is 7.63. The van der Waals surface area contributed by atoms with Gasteiger partial charge in [0.05, 0.1) is 6.10 Å². The van der Waals surface area contributed by atoms with Gasteiger partial charge in [-0.1, -0.05) is 0 Å². The van der Waals surface area contributed by atoms with E-state index in [-0.39, 0.29) is 11.8 Å². The number of thioether (sulfide) groups is 1. The summed E-state index contributed by atoms with van der Waals surface area (Å²) in [6, 6.07) is 0. The smallest absolute Gasteiger partial charge is 0.387 e. The molecule has 0 aromatic heterocycles. The Labute approximate surface area is 81.7 Å². The van der Waals surface area contributed by atoms with Crippen LogP contribution in [-0.4, -0.2) is 51.2 Å². The van der Waals surface area contributed by atoms with Crippen molar-refractivity contribution in [2.75, 3.05) is 5.75 Å². The van der Waals surface area contributed by atoms with E-state index in [4.69, 9.17) is 15.3 Å². The average Bonchev–Trinajstić information content (AvgIpc) is 2.28. The van der Waals surface area contributed by atoms with Crippen LogP contribution < -0.4 is 0 Å². The molecule has 1 aliphatic heterocycles. The van der Waals surface area contributed by atoms with Crippen LogP contribution in [-0.2, 0) is 4.74 Å². The third-order valence-electron chi connectivity index (χ3n) is 1.75. The van der Waals surface area contributed by atoms with Gasteiger partial charge >= 0.3 is 5.51 Å². The minimum Gasteiger partial charge on any atom is -0.387 e. The summed E-state index contributed by atoms with van der Waals surface area (Å²) < 4.78 is 39.7. The van der Waals surface area contributed by atoms with Crippen LogP contribution in [0, 0.1) is 0 Å². The van der Waals surface area contributed by atoms with E-state index in [0.29, 0.717) is 0 Å². The second-order valence-corrected chi connectivity index (χ2v) is 3.89. The molecule has 1 heterocycles. The molecule has 4 atom stereocenters. The molecule has 84 valence electrons. The first-order valence-electron chi connectivity index (χ1n) is 3.71. The van der Waals surface area contributed by atoms with E-state index in [0.717, 1.165) is 0 Å². The van der Waals surface area contributed by atoms with Gasteiger partial charge in [-0.25, -0.2) is 0 Å². The molecule has 0 aromatic rings. The van der Waals surface area contributed by atoms with E-state index in [1.807, 2.05) is 0 Å². The first-order chi connectivity index (χ1) is 6.31. The van der Waals surface area contributed by atoms with Crippen molar-refractivity contribution in [1.29, 1.82) is 0 Å². The standard InChI is InChI=1S/C6H9F3O4S/c7-6(8,9)14-1-2-3(10)4(11)5(12)13-2/h2-5,10-12H,1H2/t2-,3-,4-,5?/m1/s1. The van der Waals surface area contributed by atoms with Gasteiger partial charge in [-0.2, -0.15) is 13.2 Å². The van der Waals surface area contributed by atoms with E-state index >= 15 is 0 Å². The molecule has 1 fully saturated rings. The number of halogens is 3. The quantitative estimate of drug-likeness (QED) is 0.611. The van der Waals surface area contributed by atoms with Crippen molar-refractivity contribution >= 4 is 11.8 Å². The highest BCUT2D eigenvalue weighted by atomic mass is 32.2. The van der Waals surface area contributed by atoms with Gasteiger partial charge in [0.15, 0.2) is 6.29 Å². The van der Waals surface area contributed by atoms with Crippen molar-refractivity contribution in [2.45, 2.75) is 30.1 Å². The first-order valence-corrected chi connectivity index (χ1v) is 4.70. The number of rotatable bonds is 2. The van der Waals surface area contributed by atoms with Gasteiger partial charge in [0.2, 0.25) is 0 Å². The molecule has 1 unspecified atom stereocenters. The Balaban J connectivity index is 2.40. The Kier molecular flexibility index (Phi) is 3.64. The Morgan fingerprint density at radius 3 is 2.07 bits per heavy atom. The van der Waals surface area contributed by atoms with Crippen molar-refractivity contribution in [3.05, 3.63) is 0 Å². The highest BCUT2D eigenvalue weighted by Gasteiger charge is 2.43. The molecule has 0 radical (unpaired) electrons. The molecule has 3 N–H and O–H groups in total. The number of hydrogen-bond acceptors (Lipinski definition) is 5. The molecule has 14 heavy (non-hydrogen) atoms. The molecule has 1 rings (SSSR count). The third kappa shape index (κ3) is 2.99. The zero-order valence-electron chi connectivity index (χ0n) is 6.81. The predicted octanol–water partition coefficient (Wildman–Crippen LogP) is -0.322. The molecule has 1 saturated heterocycles. The summed E-state index contributed by atoms with van der Waals surface area (Å²) in [6.07, 6.45) is -5.86. The lowest BCUT2D eigenvalue weighted by Gasteiger charge is -2.14. The number of alkyl halides is 3. The lowest BCUT2D eigenvalue weighted by Crippen LogP contribution is -2.33. The van der Waals surface area contributed by atoms with E-state index in [2.05, 4.69) is 4.74 Å². The van der Waals surface area contributed by atoms with Crippen LogP contribution in [0.2, 0.25) is 0 Å². The molecule has 0 aliphatic carbocycles. The Morgan fingerprint density at radius 1 is 1.14 bits per heavy atom. The van der Waals surface area contributed by atoms with Gasteiger partial charge in [-0.3, -0.25) is 0 Å². The maximum Gasteiger partial charge on any atom is 0.441 e. The molecule has 0 bridgehead atoms. The molecule has 0 saturated carbocycles. The van der Waals surface area contributed by atoms with E-state index in [1.165, 1.54) is 0 Å². The van der Waals surface area contributed by atoms with Crippen LogP contribution in [0.15, 0.2) is 0 Å². The van der Waals surface area contributed by atoms with Gasteiger partial charge in [-0.15, -0.1) is 0 Å². The topological polar surface area (TPSA) is 69.9 Å². The van der Waals surface area contributed by atoms with Crippen LogP contribution in [0.4, 0.5) is 13.2 Å². The van der Waals surface area contributed by atoms with Crippen molar-refractivity contribution in [2.24, 2.45) is 0 Å². The van der Waals surface area contributed by atoms with Crippen LogP contribution >= 0.6 is 11.8 Å². The van der Waals surface area contributed by atoms with E-state index in [9.17, 15) is 13.2 Å². The number of ether oxygens (including phenoxy) is 1. The fourth-order valence-corrected chi connectivity index (χ4v) is 1.67. The Hall–Kier alpha value is -0.0200. The average molecular weight is 234 g/mol. The molecule has 0 aromatic carbocycles. The van der Waals surface area contributed by atoms with Crippen LogP contribution in [0.5, 0.6) is 0 Å². The summed E-state index contributed by atoms with van der Waals surface area (Å²) in [5, 5.41) is 26.9. The van der Waals surface area contributed by atoms with Crippen molar-refractivity contribution in [3.63, 3.8) is 0 Å². The normalized spacial score (nSPS) is 39.0. The van der Waals surface area contributed by atoms with Gasteiger partial charge in [0, 0.05) is 5.75 Å². The molecular formula is C6H9F3O4S. The summed E-state index contributed by atoms with van der Waals surface area (Å²) in [7, 11) is 0. The van der Waals surface area contributed by atoms with Crippen molar-refractivity contribution < 1.29 is 33.2 Å². The van der Waals surface area contributed by atoms with E-state index in [1.54, 1.807) is 0 Å². The third-order valence-corrected chi connectivity index (χ3v) is 2.57. The summed E-state index contributed by atoms with van der Waals surface area (Å²) >= 11 is -0.369. The van der Waals surface area contributed by atoms with Gasteiger partial charge in [0.1, 0.15) is 12.2 Å². The monoisotopic (exact) mass is 234 g/mol. The molecular weight excluding hydrogens is 225 g/mol. The summed E-state index contributed by atoms with van der Waals surface area (Å²) in [5.74, 6) is -0.557. The van der Waals surface area contributed by atoms with Gasteiger partial charge in [0.25, 0.3) is 0 Å².